The molecule has 1 aromatic carbocycles. The minimum absolute atomic E-state index is 0. The van der Waals surface area contributed by atoms with Crippen molar-refractivity contribution in [1.82, 2.24) is 14.7 Å². The number of morpholine rings is 1. The summed E-state index contributed by atoms with van der Waals surface area (Å²) in [4.78, 5) is 19.1. The molecular weight excluding hydrogens is 349 g/mol. The molecule has 2 saturated heterocycles. The van der Waals surface area contributed by atoms with Crippen molar-refractivity contribution in [2.45, 2.75) is 6.54 Å². The highest BCUT2D eigenvalue weighted by Crippen LogP contribution is 2.12. The minimum Gasteiger partial charge on any atom is -0.379 e. The average Bonchev–Trinajstić information content (AvgIpc) is 2.57. The van der Waals surface area contributed by atoms with E-state index in [0.29, 0.717) is 0 Å². The number of rotatable bonds is 3. The molecule has 0 spiro atoms. The summed E-state index contributed by atoms with van der Waals surface area (Å²) in [5.74, 6) is 0.158. The Labute approximate surface area is 156 Å². The number of hydrogen-bond acceptors (Lipinski definition) is 4. The smallest absolute Gasteiger partial charge is 0.253 e. The second-order valence-electron chi connectivity index (χ2n) is 6.18. The molecule has 24 heavy (non-hydrogen) atoms. The Morgan fingerprint density at radius 3 is 2.12 bits per heavy atom. The molecule has 5 nitrogen and oxygen atoms in total. The third kappa shape index (κ3) is 5.60. The first kappa shape index (κ1) is 21.2. The monoisotopic (exact) mass is 375 g/mol. The Morgan fingerprint density at radius 1 is 0.958 bits per heavy atom. The van der Waals surface area contributed by atoms with Crippen LogP contribution in [0.1, 0.15) is 15.9 Å². The van der Waals surface area contributed by atoms with Gasteiger partial charge in [-0.1, -0.05) is 12.1 Å². The summed E-state index contributed by atoms with van der Waals surface area (Å²) in [6, 6.07) is 8.10. The van der Waals surface area contributed by atoms with Crippen LogP contribution in [-0.2, 0) is 11.3 Å². The summed E-state index contributed by atoms with van der Waals surface area (Å²) < 4.78 is 5.37. The van der Waals surface area contributed by atoms with Gasteiger partial charge in [0.05, 0.1) is 13.2 Å². The van der Waals surface area contributed by atoms with Crippen LogP contribution in [0.15, 0.2) is 24.3 Å². The molecule has 2 fully saturated rings. The largest absolute Gasteiger partial charge is 0.379 e. The van der Waals surface area contributed by atoms with Gasteiger partial charge in [0.1, 0.15) is 0 Å². The van der Waals surface area contributed by atoms with E-state index in [1.54, 1.807) is 0 Å². The van der Waals surface area contributed by atoms with Gasteiger partial charge in [-0.2, -0.15) is 0 Å². The van der Waals surface area contributed by atoms with Gasteiger partial charge in [0.2, 0.25) is 0 Å². The van der Waals surface area contributed by atoms with Crippen LogP contribution in [-0.4, -0.2) is 80.1 Å². The molecule has 1 aromatic rings. The van der Waals surface area contributed by atoms with Gasteiger partial charge in [-0.15, -0.1) is 24.8 Å². The zero-order valence-corrected chi connectivity index (χ0v) is 15.8. The number of carbonyl (C=O) groups is 1. The number of ether oxygens (including phenoxy) is 1. The molecule has 0 bridgehead atoms. The van der Waals surface area contributed by atoms with Gasteiger partial charge in [-0.25, -0.2) is 0 Å². The first-order valence-corrected chi connectivity index (χ1v) is 8.09. The van der Waals surface area contributed by atoms with Crippen LogP contribution < -0.4 is 0 Å². The molecule has 7 heteroatoms. The minimum atomic E-state index is 0. The van der Waals surface area contributed by atoms with Crippen LogP contribution in [0.4, 0.5) is 0 Å². The first-order valence-electron chi connectivity index (χ1n) is 8.09. The second kappa shape index (κ2) is 10.2. The average molecular weight is 376 g/mol. The number of amides is 1. The van der Waals surface area contributed by atoms with Crippen LogP contribution in [0.5, 0.6) is 0 Å². The van der Waals surface area contributed by atoms with Crippen molar-refractivity contribution in [3.8, 4) is 0 Å². The van der Waals surface area contributed by atoms with Crippen LogP contribution in [0, 0.1) is 0 Å². The summed E-state index contributed by atoms with van der Waals surface area (Å²) in [6.45, 7) is 8.12. The standard InChI is InChI=1S/C17H25N3O2.2ClH/c1-18-6-8-20(9-7-18)17(21)16-4-2-15(3-5-16)14-19-10-12-22-13-11-19;;/h2-5H,6-14H2,1H3;2*1H. The molecule has 1 amide bonds. The molecule has 0 aliphatic carbocycles. The molecule has 136 valence electrons. The number of nitrogens with zero attached hydrogens (tertiary/aromatic N) is 3. The fourth-order valence-electron chi connectivity index (χ4n) is 2.96. The van der Waals surface area contributed by atoms with Crippen LogP contribution >= 0.6 is 24.8 Å². The molecule has 0 N–H and O–H groups in total. The molecule has 0 radical (unpaired) electrons. The maximum Gasteiger partial charge on any atom is 0.253 e. The van der Waals surface area contributed by atoms with E-state index in [9.17, 15) is 4.79 Å². The Morgan fingerprint density at radius 2 is 1.54 bits per heavy atom. The van der Waals surface area contributed by atoms with Crippen molar-refractivity contribution in [3.63, 3.8) is 0 Å². The Balaban J connectivity index is 0.00000144. The van der Waals surface area contributed by atoms with E-state index in [1.807, 2.05) is 17.0 Å². The lowest BCUT2D eigenvalue weighted by molar-refractivity contribution is 0.0342. The zero-order chi connectivity index (χ0) is 15.4. The van der Waals surface area contributed by atoms with Crippen LogP contribution in [0.3, 0.4) is 0 Å². The Bertz CT molecular complexity index is 499. The molecule has 0 atom stereocenters. The molecule has 0 unspecified atom stereocenters. The van der Waals surface area contributed by atoms with Crippen LogP contribution in [0.25, 0.3) is 0 Å². The molecule has 0 saturated carbocycles. The lowest BCUT2D eigenvalue weighted by atomic mass is 10.1. The number of piperazine rings is 1. The Kier molecular flexibility index (Phi) is 9.02. The van der Waals surface area contributed by atoms with Crippen molar-refractivity contribution < 1.29 is 9.53 Å². The molecule has 0 aromatic heterocycles. The van der Waals surface area contributed by atoms with E-state index in [-0.39, 0.29) is 30.7 Å². The summed E-state index contributed by atoms with van der Waals surface area (Å²) in [5, 5.41) is 0. The summed E-state index contributed by atoms with van der Waals surface area (Å²) in [5.41, 5.74) is 2.06. The van der Waals surface area contributed by atoms with Gasteiger partial charge in [0, 0.05) is 51.4 Å². The van der Waals surface area contributed by atoms with Gasteiger partial charge >= 0.3 is 0 Å². The van der Waals surface area contributed by atoms with Gasteiger partial charge in [0.25, 0.3) is 5.91 Å². The highest BCUT2D eigenvalue weighted by atomic mass is 35.5. The predicted octanol–water partition coefficient (Wildman–Crippen LogP) is 1.75. The molecule has 2 heterocycles. The van der Waals surface area contributed by atoms with Crippen molar-refractivity contribution in [2.75, 3.05) is 59.5 Å². The Hall–Kier alpha value is -0.850. The van der Waals surface area contributed by atoms with Crippen LogP contribution in [0.2, 0.25) is 0 Å². The predicted molar refractivity (Wildman–Crippen MR) is 100 cm³/mol. The topological polar surface area (TPSA) is 36.0 Å². The normalized spacial score (nSPS) is 19.3. The quantitative estimate of drug-likeness (QED) is 0.806. The maximum absolute atomic E-state index is 12.5. The van der Waals surface area contributed by atoms with E-state index in [2.05, 4.69) is 29.0 Å². The third-order valence-corrected chi connectivity index (χ3v) is 4.50. The molecule has 3 rings (SSSR count). The summed E-state index contributed by atoms with van der Waals surface area (Å²) in [7, 11) is 2.10. The molecule has 2 aliphatic heterocycles. The first-order chi connectivity index (χ1) is 10.7. The van der Waals surface area contributed by atoms with Crippen molar-refractivity contribution in [2.24, 2.45) is 0 Å². The fourth-order valence-corrected chi connectivity index (χ4v) is 2.96. The van der Waals surface area contributed by atoms with E-state index in [4.69, 9.17) is 4.74 Å². The fraction of sp³-hybridized carbons (Fsp3) is 0.588. The number of benzene rings is 1. The second-order valence-corrected chi connectivity index (χ2v) is 6.18. The van der Waals surface area contributed by atoms with Gasteiger partial charge in [-0.3, -0.25) is 9.69 Å². The highest BCUT2D eigenvalue weighted by molar-refractivity contribution is 5.94. The number of carbonyl (C=O) groups excluding carboxylic acids is 1. The van der Waals surface area contributed by atoms with Crippen molar-refractivity contribution >= 4 is 30.7 Å². The molecular formula is C17H27Cl2N3O2. The van der Waals surface area contributed by atoms with Gasteiger partial charge in [-0.05, 0) is 24.7 Å². The summed E-state index contributed by atoms with van der Waals surface area (Å²) >= 11 is 0. The number of hydrogen-bond donors (Lipinski definition) is 0. The van der Waals surface area contributed by atoms with Gasteiger partial charge < -0.3 is 14.5 Å². The third-order valence-electron chi connectivity index (χ3n) is 4.50. The lowest BCUT2D eigenvalue weighted by Gasteiger charge is -2.32. The van der Waals surface area contributed by atoms with Crippen molar-refractivity contribution in [3.05, 3.63) is 35.4 Å². The number of halogens is 2. The van der Waals surface area contributed by atoms with E-state index >= 15 is 0 Å². The van der Waals surface area contributed by atoms with E-state index < -0.39 is 0 Å². The van der Waals surface area contributed by atoms with Crippen molar-refractivity contribution in [1.29, 1.82) is 0 Å². The SMILES string of the molecule is CN1CCN(C(=O)c2ccc(CN3CCOCC3)cc2)CC1.Cl.Cl. The van der Waals surface area contributed by atoms with E-state index in [0.717, 1.165) is 64.6 Å². The number of likely N-dealkylation sites (N-methyl/N-ethyl adjacent to an activating group) is 1. The van der Waals surface area contributed by atoms with Gasteiger partial charge in [0.15, 0.2) is 0 Å². The maximum atomic E-state index is 12.5. The zero-order valence-electron chi connectivity index (χ0n) is 14.1. The summed E-state index contributed by atoms with van der Waals surface area (Å²) in [6.07, 6.45) is 0. The lowest BCUT2D eigenvalue weighted by Crippen LogP contribution is -2.47. The van der Waals surface area contributed by atoms with E-state index in [1.165, 1.54) is 5.56 Å². The molecule has 2 aliphatic rings. The highest BCUT2D eigenvalue weighted by Gasteiger charge is 2.20.